The molecule has 0 fully saturated rings. The first-order valence-corrected chi connectivity index (χ1v) is 17.1. The van der Waals surface area contributed by atoms with Gasteiger partial charge in [0.25, 0.3) is 0 Å². The summed E-state index contributed by atoms with van der Waals surface area (Å²) < 4.78 is 5.67. The Bertz CT molecular complexity index is 640. The van der Waals surface area contributed by atoms with E-state index in [9.17, 15) is 0 Å². The van der Waals surface area contributed by atoms with Crippen molar-refractivity contribution in [1.82, 2.24) is 0 Å². The molecular formula is C35H63OSi. The molecule has 1 aromatic carbocycles. The average molecular weight is 528 g/mol. The highest BCUT2D eigenvalue weighted by Crippen LogP contribution is 2.31. The third kappa shape index (κ3) is 16.2. The van der Waals surface area contributed by atoms with Crippen molar-refractivity contribution in [3.05, 3.63) is 34.4 Å². The second kappa shape index (κ2) is 24.4. The fourth-order valence-corrected chi connectivity index (χ4v) is 5.96. The van der Waals surface area contributed by atoms with Crippen LogP contribution in [0.1, 0.15) is 191 Å². The summed E-state index contributed by atoms with van der Waals surface area (Å²) in [5.74, 6) is 0. The molecule has 2 heteroatoms. The van der Waals surface area contributed by atoms with Gasteiger partial charge in [0, 0.05) is 0 Å². The van der Waals surface area contributed by atoms with Crippen LogP contribution in [0.25, 0.3) is 0 Å². The maximum Gasteiger partial charge on any atom is 0.247 e. The molecule has 0 aliphatic heterocycles. The zero-order valence-electron chi connectivity index (χ0n) is 25.6. The zero-order valence-corrected chi connectivity index (χ0v) is 26.6. The summed E-state index contributed by atoms with van der Waals surface area (Å²) in [5, 5.41) is 0. The van der Waals surface area contributed by atoms with Crippen LogP contribution in [0.4, 0.5) is 0 Å². The van der Waals surface area contributed by atoms with Crippen molar-refractivity contribution in [2.45, 2.75) is 188 Å². The number of rotatable bonds is 26. The van der Waals surface area contributed by atoms with Crippen molar-refractivity contribution in [3.8, 4) is 0 Å². The summed E-state index contributed by atoms with van der Waals surface area (Å²) in [5.41, 5.74) is 6.38. The van der Waals surface area contributed by atoms with Crippen LogP contribution in [0.5, 0.6) is 0 Å². The quantitative estimate of drug-likeness (QED) is 0.0859. The molecule has 0 amide bonds. The smallest absolute Gasteiger partial charge is 0.247 e. The Hall–Kier alpha value is -0.603. The number of unbranched alkanes of at least 4 members (excludes halogenated alkanes) is 18. The molecule has 1 atom stereocenters. The Morgan fingerprint density at radius 2 is 0.892 bits per heavy atom. The maximum atomic E-state index is 5.67. The van der Waals surface area contributed by atoms with Gasteiger partial charge in [0.15, 0.2) is 0 Å². The Balaban J connectivity index is 2.86. The van der Waals surface area contributed by atoms with E-state index in [1.807, 2.05) is 0 Å². The van der Waals surface area contributed by atoms with Crippen molar-refractivity contribution < 1.29 is 4.43 Å². The SMILES string of the molecule is CCCCCCCCCc1ccc(C(C)O[Si])c(CCCCCCCCC)c1CCCCCCCCC. The molecule has 1 aromatic rings. The lowest BCUT2D eigenvalue weighted by Gasteiger charge is -2.23. The summed E-state index contributed by atoms with van der Waals surface area (Å²) >= 11 is 0. The molecule has 0 aromatic heterocycles. The largest absolute Gasteiger partial charge is 0.412 e. The molecule has 1 nitrogen and oxygen atoms in total. The summed E-state index contributed by atoms with van der Waals surface area (Å²) in [7, 11) is 3.37. The van der Waals surface area contributed by atoms with Gasteiger partial charge >= 0.3 is 0 Å². The molecular weight excluding hydrogens is 464 g/mol. The summed E-state index contributed by atoms with van der Waals surface area (Å²) in [6.07, 6.45) is 32.9. The standard InChI is InChI=1S/C35H63OSi/c1-5-8-11-14-17-20-23-26-32-29-30-33(31(4)36-37)35(28-25-22-19-16-13-10-7-3)34(32)27-24-21-18-15-12-9-6-2/h29-31H,5-28H2,1-4H3. The van der Waals surface area contributed by atoms with Crippen LogP contribution < -0.4 is 0 Å². The molecule has 0 saturated heterocycles. The molecule has 213 valence electrons. The van der Waals surface area contributed by atoms with Crippen LogP contribution in [-0.4, -0.2) is 10.5 Å². The normalized spacial score (nSPS) is 12.4. The lowest BCUT2D eigenvalue weighted by molar-refractivity contribution is 0.249. The average Bonchev–Trinajstić information content (AvgIpc) is 2.91. The van der Waals surface area contributed by atoms with Crippen molar-refractivity contribution in [2.75, 3.05) is 0 Å². The second-order valence-corrected chi connectivity index (χ2v) is 11.9. The highest BCUT2D eigenvalue weighted by atomic mass is 28.2. The molecule has 37 heavy (non-hydrogen) atoms. The van der Waals surface area contributed by atoms with Gasteiger partial charge < -0.3 is 4.43 Å². The van der Waals surface area contributed by atoms with Gasteiger partial charge in [-0.25, -0.2) is 0 Å². The fraction of sp³-hybridized carbons (Fsp3) is 0.829. The van der Waals surface area contributed by atoms with E-state index in [2.05, 4.69) is 50.3 Å². The molecule has 1 rings (SSSR count). The molecule has 0 spiro atoms. The molecule has 0 N–H and O–H groups in total. The number of benzene rings is 1. The summed E-state index contributed by atoms with van der Waals surface area (Å²) in [6, 6.07) is 4.85. The first-order valence-electron chi connectivity index (χ1n) is 16.6. The highest BCUT2D eigenvalue weighted by Gasteiger charge is 2.17. The molecule has 3 radical (unpaired) electrons. The Labute approximate surface area is 236 Å². The van der Waals surface area contributed by atoms with Gasteiger partial charge in [-0.05, 0) is 67.7 Å². The predicted octanol–water partition coefficient (Wildman–Crippen LogP) is 11.7. The van der Waals surface area contributed by atoms with E-state index in [1.54, 1.807) is 16.7 Å². The van der Waals surface area contributed by atoms with Gasteiger partial charge in [0.2, 0.25) is 10.5 Å². The van der Waals surface area contributed by atoms with Crippen LogP contribution >= 0.6 is 0 Å². The summed E-state index contributed by atoms with van der Waals surface area (Å²) in [6.45, 7) is 9.12. The molecule has 0 aliphatic rings. The van der Waals surface area contributed by atoms with E-state index < -0.39 is 0 Å². The van der Waals surface area contributed by atoms with Crippen molar-refractivity contribution in [3.63, 3.8) is 0 Å². The van der Waals surface area contributed by atoms with Crippen LogP contribution in [0.3, 0.4) is 0 Å². The van der Waals surface area contributed by atoms with Crippen molar-refractivity contribution in [1.29, 1.82) is 0 Å². The fourth-order valence-electron chi connectivity index (χ4n) is 5.84. The van der Waals surface area contributed by atoms with E-state index in [0.717, 1.165) is 0 Å². The third-order valence-electron chi connectivity index (χ3n) is 8.29. The first-order chi connectivity index (χ1) is 18.2. The molecule has 0 saturated carbocycles. The predicted molar refractivity (Wildman–Crippen MR) is 167 cm³/mol. The topological polar surface area (TPSA) is 9.23 Å². The maximum absolute atomic E-state index is 5.67. The molecule has 0 heterocycles. The van der Waals surface area contributed by atoms with Crippen LogP contribution in [0.15, 0.2) is 12.1 Å². The second-order valence-electron chi connectivity index (χ2n) is 11.6. The van der Waals surface area contributed by atoms with Gasteiger partial charge in [-0.2, -0.15) is 0 Å². The van der Waals surface area contributed by atoms with Crippen molar-refractivity contribution in [2.24, 2.45) is 0 Å². The lowest BCUT2D eigenvalue weighted by atomic mass is 9.85. The Morgan fingerprint density at radius 1 is 0.514 bits per heavy atom. The minimum atomic E-state index is 0.108. The van der Waals surface area contributed by atoms with Gasteiger partial charge in [-0.3, -0.25) is 0 Å². The molecule has 0 aliphatic carbocycles. The van der Waals surface area contributed by atoms with E-state index >= 15 is 0 Å². The summed E-state index contributed by atoms with van der Waals surface area (Å²) in [4.78, 5) is 0. The van der Waals surface area contributed by atoms with Crippen LogP contribution in [0, 0.1) is 0 Å². The Kier molecular flexibility index (Phi) is 22.7. The van der Waals surface area contributed by atoms with E-state index in [-0.39, 0.29) is 6.10 Å². The van der Waals surface area contributed by atoms with E-state index in [1.165, 1.54) is 160 Å². The monoisotopic (exact) mass is 527 g/mol. The van der Waals surface area contributed by atoms with Crippen LogP contribution in [0.2, 0.25) is 0 Å². The van der Waals surface area contributed by atoms with Crippen LogP contribution in [-0.2, 0) is 23.7 Å². The van der Waals surface area contributed by atoms with E-state index in [0.29, 0.717) is 0 Å². The zero-order chi connectivity index (χ0) is 27.0. The van der Waals surface area contributed by atoms with Gasteiger partial charge in [-0.15, -0.1) is 0 Å². The molecule has 0 bridgehead atoms. The lowest BCUT2D eigenvalue weighted by Crippen LogP contribution is -2.09. The number of hydrogen-bond acceptors (Lipinski definition) is 1. The van der Waals surface area contributed by atoms with Gasteiger partial charge in [0.05, 0.1) is 6.10 Å². The van der Waals surface area contributed by atoms with E-state index in [4.69, 9.17) is 4.43 Å². The first kappa shape index (κ1) is 34.4. The Morgan fingerprint density at radius 3 is 1.32 bits per heavy atom. The minimum absolute atomic E-state index is 0.108. The minimum Gasteiger partial charge on any atom is -0.412 e. The molecule has 1 unspecified atom stereocenters. The third-order valence-corrected chi connectivity index (χ3v) is 8.64. The van der Waals surface area contributed by atoms with Gasteiger partial charge in [-0.1, -0.05) is 148 Å². The highest BCUT2D eigenvalue weighted by molar-refractivity contribution is 5.98. The van der Waals surface area contributed by atoms with Gasteiger partial charge in [0.1, 0.15) is 0 Å². The number of hydrogen-bond donors (Lipinski definition) is 0. The number of aryl methyl sites for hydroxylation is 1. The van der Waals surface area contributed by atoms with Crippen molar-refractivity contribution >= 4 is 10.5 Å².